The van der Waals surface area contributed by atoms with Crippen molar-refractivity contribution in [1.82, 2.24) is 4.57 Å². The molecule has 32 heavy (non-hydrogen) atoms. The van der Waals surface area contributed by atoms with E-state index in [1.54, 1.807) is 23.7 Å². The minimum atomic E-state index is -0.155. The highest BCUT2D eigenvalue weighted by Crippen LogP contribution is 2.44. The normalized spacial score (nSPS) is 11.4. The topological polar surface area (TPSA) is 47.2 Å². The number of benzene rings is 3. The van der Waals surface area contributed by atoms with Crippen molar-refractivity contribution >= 4 is 56.6 Å². The van der Waals surface area contributed by atoms with Crippen LogP contribution in [0.3, 0.4) is 0 Å². The molecule has 0 bridgehead atoms. The third-order valence-electron chi connectivity index (χ3n) is 5.77. The molecule has 0 saturated carbocycles. The second kappa shape index (κ2) is 7.73. The number of pyridine rings is 1. The number of nitrogens with zero attached hydrogens (tertiary/aromatic N) is 1. The molecule has 4 nitrogen and oxygen atoms in total. The first-order chi connectivity index (χ1) is 15.3. The lowest BCUT2D eigenvalue weighted by molar-refractivity contribution is 0.637. The lowest BCUT2D eigenvalue weighted by Crippen LogP contribution is -2.17. The Kier molecular flexibility index (Phi) is 5.00. The first-order valence-corrected chi connectivity index (χ1v) is 10.9. The monoisotopic (exact) mass is 462 g/mol. The molecule has 0 unspecified atom stereocenters. The number of hydrogen-bond acceptors (Lipinski definition) is 3. The second-order valence-electron chi connectivity index (χ2n) is 7.96. The number of halogens is 2. The first-order valence-electron chi connectivity index (χ1n) is 10.2. The Morgan fingerprint density at radius 1 is 0.969 bits per heavy atom. The first kappa shape index (κ1) is 20.7. The number of nitrogens with one attached hydrogen (secondary N) is 1. The lowest BCUT2D eigenvalue weighted by atomic mass is 10.0. The van der Waals surface area contributed by atoms with Gasteiger partial charge in [-0.05, 0) is 49.7 Å². The van der Waals surface area contributed by atoms with E-state index in [4.69, 9.17) is 27.6 Å². The largest absolute Gasteiger partial charge is 0.439 e. The van der Waals surface area contributed by atoms with E-state index in [1.165, 1.54) is 5.56 Å². The molecule has 1 N–H and O–H groups in total. The maximum Gasteiger partial charge on any atom is 0.262 e. The molecular weight excluding hydrogens is 443 g/mol. The Balaban J connectivity index is 1.89. The highest BCUT2D eigenvalue weighted by Gasteiger charge is 2.24. The van der Waals surface area contributed by atoms with Gasteiger partial charge in [0, 0.05) is 28.7 Å². The minimum Gasteiger partial charge on any atom is -0.439 e. The third kappa shape index (κ3) is 3.27. The summed E-state index contributed by atoms with van der Waals surface area (Å²) in [5.74, 6) is 0.463. The van der Waals surface area contributed by atoms with Gasteiger partial charge in [0.2, 0.25) is 5.88 Å². The van der Waals surface area contributed by atoms with E-state index in [0.717, 1.165) is 22.2 Å². The van der Waals surface area contributed by atoms with Gasteiger partial charge in [-0.1, -0.05) is 59.1 Å². The number of aryl methyl sites for hydroxylation is 3. The summed E-state index contributed by atoms with van der Waals surface area (Å²) < 4.78 is 8.00. The maximum absolute atomic E-state index is 13.5. The van der Waals surface area contributed by atoms with E-state index >= 15 is 0 Å². The van der Waals surface area contributed by atoms with Crippen molar-refractivity contribution < 1.29 is 4.42 Å². The SMILES string of the molecule is Cc1ccc(Nc2oc3c(c2-c2ccc(Cl)cc2Cl)c(=O)n(C)c2ccccc32)c(C)c1. The van der Waals surface area contributed by atoms with Crippen molar-refractivity contribution in [3.05, 3.63) is 92.2 Å². The molecule has 0 amide bonds. The molecular formula is C26H20Cl2N2O2. The molecule has 0 aliphatic rings. The number of rotatable bonds is 3. The number of aromatic nitrogens is 1. The van der Waals surface area contributed by atoms with Gasteiger partial charge in [0.15, 0.2) is 5.58 Å². The molecule has 0 fully saturated rings. The van der Waals surface area contributed by atoms with Crippen LogP contribution in [0, 0.1) is 13.8 Å². The molecule has 3 aromatic carbocycles. The molecule has 0 aliphatic carbocycles. The Morgan fingerprint density at radius 2 is 1.75 bits per heavy atom. The molecule has 0 atom stereocenters. The van der Waals surface area contributed by atoms with Crippen LogP contribution in [0.15, 0.2) is 69.9 Å². The standard InChI is InChI=1S/C26H20Cl2N2O2/c1-14-8-11-20(15(2)12-14)29-25-22(17-10-9-16(27)13-19(17)28)23-24(32-25)18-6-4-5-7-21(18)30(3)26(23)31/h4-13,29H,1-3H3. The summed E-state index contributed by atoms with van der Waals surface area (Å²) in [5, 5.41) is 5.69. The van der Waals surface area contributed by atoms with Gasteiger partial charge < -0.3 is 14.3 Å². The van der Waals surface area contributed by atoms with Crippen LogP contribution in [-0.4, -0.2) is 4.57 Å². The van der Waals surface area contributed by atoms with Gasteiger partial charge in [-0.15, -0.1) is 0 Å². The lowest BCUT2D eigenvalue weighted by Gasteiger charge is -2.11. The summed E-state index contributed by atoms with van der Waals surface area (Å²) in [6.07, 6.45) is 0. The fourth-order valence-electron chi connectivity index (χ4n) is 4.17. The zero-order valence-electron chi connectivity index (χ0n) is 17.8. The number of para-hydroxylation sites is 1. The van der Waals surface area contributed by atoms with Crippen molar-refractivity contribution in [3.63, 3.8) is 0 Å². The molecule has 2 aromatic heterocycles. The van der Waals surface area contributed by atoms with E-state index < -0.39 is 0 Å². The van der Waals surface area contributed by atoms with E-state index in [-0.39, 0.29) is 5.56 Å². The van der Waals surface area contributed by atoms with Crippen LogP contribution in [0.4, 0.5) is 11.6 Å². The summed E-state index contributed by atoms with van der Waals surface area (Å²) in [7, 11) is 1.77. The number of hydrogen-bond donors (Lipinski definition) is 1. The summed E-state index contributed by atoms with van der Waals surface area (Å²) in [6.45, 7) is 4.08. The number of anilines is 2. The van der Waals surface area contributed by atoms with Crippen LogP contribution < -0.4 is 10.9 Å². The number of furan rings is 1. The fourth-order valence-corrected chi connectivity index (χ4v) is 4.68. The maximum atomic E-state index is 13.5. The minimum absolute atomic E-state index is 0.155. The Labute approximate surface area is 195 Å². The van der Waals surface area contributed by atoms with Gasteiger partial charge in [-0.3, -0.25) is 4.79 Å². The zero-order chi connectivity index (χ0) is 22.6. The van der Waals surface area contributed by atoms with Crippen molar-refractivity contribution in [2.75, 3.05) is 5.32 Å². The molecule has 2 heterocycles. The van der Waals surface area contributed by atoms with Gasteiger partial charge in [-0.25, -0.2) is 0 Å². The van der Waals surface area contributed by atoms with Gasteiger partial charge in [0.25, 0.3) is 5.56 Å². The predicted octanol–water partition coefficient (Wildman–Crippen LogP) is 7.62. The molecule has 0 radical (unpaired) electrons. The van der Waals surface area contributed by atoms with Crippen molar-refractivity contribution in [3.8, 4) is 11.1 Å². The van der Waals surface area contributed by atoms with Crippen molar-refractivity contribution in [2.24, 2.45) is 7.05 Å². The molecule has 6 heteroatoms. The Hall–Kier alpha value is -3.21. The number of fused-ring (bicyclic) bond motifs is 3. The van der Waals surface area contributed by atoms with Crippen LogP contribution in [0.25, 0.3) is 33.0 Å². The average molecular weight is 463 g/mol. The molecule has 5 aromatic rings. The van der Waals surface area contributed by atoms with Crippen LogP contribution in [0.5, 0.6) is 0 Å². The predicted molar refractivity (Wildman–Crippen MR) is 134 cm³/mol. The van der Waals surface area contributed by atoms with E-state index in [9.17, 15) is 4.79 Å². The van der Waals surface area contributed by atoms with Crippen LogP contribution in [-0.2, 0) is 7.05 Å². The quantitative estimate of drug-likeness (QED) is 0.299. The van der Waals surface area contributed by atoms with E-state index in [1.807, 2.05) is 56.3 Å². The average Bonchev–Trinajstić information content (AvgIpc) is 3.13. The molecule has 160 valence electrons. The van der Waals surface area contributed by atoms with Gasteiger partial charge >= 0.3 is 0 Å². The Morgan fingerprint density at radius 3 is 2.50 bits per heavy atom. The summed E-state index contributed by atoms with van der Waals surface area (Å²) in [6, 6.07) is 19.1. The summed E-state index contributed by atoms with van der Waals surface area (Å²) in [5.41, 5.74) is 5.58. The van der Waals surface area contributed by atoms with Crippen LogP contribution in [0.1, 0.15) is 11.1 Å². The molecule has 0 spiro atoms. The highest BCUT2D eigenvalue weighted by atomic mass is 35.5. The van der Waals surface area contributed by atoms with Crippen molar-refractivity contribution in [2.45, 2.75) is 13.8 Å². The molecule has 5 rings (SSSR count). The van der Waals surface area contributed by atoms with E-state index in [0.29, 0.717) is 38.0 Å². The van der Waals surface area contributed by atoms with Crippen molar-refractivity contribution in [1.29, 1.82) is 0 Å². The van der Waals surface area contributed by atoms with Gasteiger partial charge in [0.05, 0.1) is 21.5 Å². The third-order valence-corrected chi connectivity index (χ3v) is 6.32. The summed E-state index contributed by atoms with van der Waals surface area (Å²) in [4.78, 5) is 13.5. The van der Waals surface area contributed by atoms with Gasteiger partial charge in [-0.2, -0.15) is 0 Å². The molecule has 0 saturated heterocycles. The summed E-state index contributed by atoms with van der Waals surface area (Å²) >= 11 is 12.7. The second-order valence-corrected chi connectivity index (χ2v) is 8.80. The van der Waals surface area contributed by atoms with Crippen LogP contribution >= 0.6 is 23.2 Å². The molecule has 0 aliphatic heterocycles. The zero-order valence-corrected chi connectivity index (χ0v) is 19.3. The van der Waals surface area contributed by atoms with Gasteiger partial charge in [0.1, 0.15) is 0 Å². The smallest absolute Gasteiger partial charge is 0.262 e. The fraction of sp³-hybridized carbons (Fsp3) is 0.115. The Bertz CT molecular complexity index is 1580. The van der Waals surface area contributed by atoms with E-state index in [2.05, 4.69) is 11.4 Å². The van der Waals surface area contributed by atoms with Crippen LogP contribution in [0.2, 0.25) is 10.0 Å². The highest BCUT2D eigenvalue weighted by molar-refractivity contribution is 6.37.